The molecule has 0 aromatic heterocycles. The minimum Gasteiger partial charge on any atom is -0.334 e. The van der Waals surface area contributed by atoms with E-state index in [0.717, 1.165) is 17.5 Å². The number of nitrogens with one attached hydrogen (secondary N) is 2. The van der Waals surface area contributed by atoms with E-state index in [1.807, 2.05) is 19.1 Å². The van der Waals surface area contributed by atoms with E-state index in [0.29, 0.717) is 11.6 Å². The lowest BCUT2D eigenvalue weighted by Gasteiger charge is -2.18. The number of halogens is 2. The first kappa shape index (κ1) is 16.3. The normalized spacial score (nSPS) is 11.8. The lowest BCUT2D eigenvalue weighted by atomic mass is 10.1. The molecule has 0 spiro atoms. The zero-order valence-electron chi connectivity index (χ0n) is 12.3. The Hall–Kier alpha value is -2.07. The molecule has 0 radical (unpaired) electrons. The van der Waals surface area contributed by atoms with Gasteiger partial charge in [-0.3, -0.25) is 0 Å². The fraction of sp³-hybridized carbons (Fsp3) is 0.235. The molecular formula is C17H18ClFN2O. The van der Waals surface area contributed by atoms with Gasteiger partial charge in [0, 0.05) is 11.6 Å². The van der Waals surface area contributed by atoms with Crippen LogP contribution in [0, 0.1) is 5.82 Å². The highest BCUT2D eigenvalue weighted by Crippen LogP contribution is 2.19. The molecule has 0 saturated heterocycles. The molecule has 0 fully saturated rings. The number of hydrogen-bond donors (Lipinski definition) is 2. The van der Waals surface area contributed by atoms with Crippen LogP contribution in [0.15, 0.2) is 48.5 Å². The number of carbonyl (C=O) groups is 1. The fourth-order valence-electron chi connectivity index (χ4n) is 2.11. The maximum Gasteiger partial charge on any atom is 0.315 e. The van der Waals surface area contributed by atoms with Crippen LogP contribution < -0.4 is 10.6 Å². The number of hydrogen-bond acceptors (Lipinski definition) is 1. The second kappa shape index (κ2) is 7.80. The van der Waals surface area contributed by atoms with E-state index in [9.17, 15) is 9.18 Å². The summed E-state index contributed by atoms with van der Waals surface area (Å²) in [4.78, 5) is 12.0. The summed E-state index contributed by atoms with van der Waals surface area (Å²) in [6, 6.07) is 13.1. The highest BCUT2D eigenvalue weighted by molar-refractivity contribution is 6.30. The first-order chi connectivity index (χ1) is 10.6. The van der Waals surface area contributed by atoms with Crippen LogP contribution in [0.1, 0.15) is 30.5 Å². The highest BCUT2D eigenvalue weighted by Gasteiger charge is 2.12. The third kappa shape index (κ3) is 4.74. The topological polar surface area (TPSA) is 41.1 Å². The molecule has 2 rings (SSSR count). The second-order valence-corrected chi connectivity index (χ2v) is 5.40. The molecule has 0 aliphatic rings. The molecule has 2 aromatic rings. The third-order valence-electron chi connectivity index (χ3n) is 3.35. The number of rotatable bonds is 5. The molecule has 116 valence electrons. The maximum absolute atomic E-state index is 12.8. The summed E-state index contributed by atoms with van der Waals surface area (Å²) in [5, 5.41) is 6.35. The predicted molar refractivity (Wildman–Crippen MR) is 86.3 cm³/mol. The minimum absolute atomic E-state index is 0.0783. The van der Waals surface area contributed by atoms with Crippen molar-refractivity contribution in [2.45, 2.75) is 25.9 Å². The van der Waals surface area contributed by atoms with Gasteiger partial charge in [-0.1, -0.05) is 42.8 Å². The van der Waals surface area contributed by atoms with E-state index in [2.05, 4.69) is 10.6 Å². The van der Waals surface area contributed by atoms with Gasteiger partial charge in [0.05, 0.1) is 6.04 Å². The van der Waals surface area contributed by atoms with E-state index in [4.69, 9.17) is 11.6 Å². The van der Waals surface area contributed by atoms with Gasteiger partial charge in [-0.25, -0.2) is 9.18 Å². The largest absolute Gasteiger partial charge is 0.334 e. The van der Waals surface area contributed by atoms with Crippen molar-refractivity contribution in [3.63, 3.8) is 0 Å². The van der Waals surface area contributed by atoms with Crippen LogP contribution in [0.2, 0.25) is 5.02 Å². The molecule has 1 unspecified atom stereocenters. The first-order valence-electron chi connectivity index (χ1n) is 7.12. The van der Waals surface area contributed by atoms with E-state index in [-0.39, 0.29) is 17.9 Å². The van der Waals surface area contributed by atoms with Crippen molar-refractivity contribution in [1.82, 2.24) is 10.6 Å². The fourth-order valence-corrected chi connectivity index (χ4v) is 2.24. The van der Waals surface area contributed by atoms with E-state index >= 15 is 0 Å². The predicted octanol–water partition coefficient (Wildman–Crippen LogP) is 4.43. The van der Waals surface area contributed by atoms with E-state index in [1.54, 1.807) is 24.3 Å². The molecule has 2 aromatic carbocycles. The Bertz CT molecular complexity index is 614. The van der Waals surface area contributed by atoms with Crippen LogP contribution in [0.25, 0.3) is 0 Å². The Kier molecular flexibility index (Phi) is 5.78. The van der Waals surface area contributed by atoms with E-state index in [1.165, 1.54) is 12.1 Å². The van der Waals surface area contributed by atoms with Crippen molar-refractivity contribution in [3.05, 3.63) is 70.5 Å². The molecular weight excluding hydrogens is 303 g/mol. The first-order valence-corrected chi connectivity index (χ1v) is 7.50. The lowest BCUT2D eigenvalue weighted by molar-refractivity contribution is 0.236. The molecule has 0 heterocycles. The van der Waals surface area contributed by atoms with E-state index < -0.39 is 0 Å². The quantitative estimate of drug-likeness (QED) is 0.840. The summed E-state index contributed by atoms with van der Waals surface area (Å²) in [5.41, 5.74) is 1.85. The Morgan fingerprint density at radius 3 is 2.36 bits per heavy atom. The monoisotopic (exact) mass is 320 g/mol. The zero-order valence-corrected chi connectivity index (χ0v) is 13.0. The van der Waals surface area contributed by atoms with Gasteiger partial charge >= 0.3 is 6.03 Å². The maximum atomic E-state index is 12.8. The third-order valence-corrected chi connectivity index (χ3v) is 3.60. The van der Waals surface area contributed by atoms with Gasteiger partial charge in [-0.05, 0) is 41.8 Å². The van der Waals surface area contributed by atoms with Crippen molar-refractivity contribution in [2.75, 3.05) is 0 Å². The number of amides is 2. The van der Waals surface area contributed by atoms with Crippen LogP contribution in [0.4, 0.5) is 9.18 Å². The number of benzene rings is 2. The number of carbonyl (C=O) groups excluding carboxylic acids is 1. The van der Waals surface area contributed by atoms with Gasteiger partial charge in [-0.15, -0.1) is 0 Å². The Balaban J connectivity index is 1.89. The van der Waals surface area contributed by atoms with Crippen LogP contribution in [-0.2, 0) is 6.54 Å². The average molecular weight is 321 g/mol. The molecule has 0 bridgehead atoms. The van der Waals surface area contributed by atoms with Gasteiger partial charge in [0.2, 0.25) is 0 Å². The average Bonchev–Trinajstić information content (AvgIpc) is 2.53. The summed E-state index contributed by atoms with van der Waals surface area (Å²) in [6.07, 6.45) is 0.769. The SMILES string of the molecule is CCC(NC(=O)NCc1ccc(F)cc1)c1ccc(Cl)cc1. The highest BCUT2D eigenvalue weighted by atomic mass is 35.5. The Morgan fingerprint density at radius 2 is 1.77 bits per heavy atom. The minimum atomic E-state index is -0.290. The van der Waals surface area contributed by atoms with Crippen molar-refractivity contribution >= 4 is 17.6 Å². The molecule has 1 atom stereocenters. The smallest absolute Gasteiger partial charge is 0.315 e. The summed E-state index contributed by atoms with van der Waals surface area (Å²) < 4.78 is 12.8. The van der Waals surface area contributed by atoms with Crippen LogP contribution in [0.5, 0.6) is 0 Å². The summed E-state index contributed by atoms with van der Waals surface area (Å²) in [6.45, 7) is 2.35. The molecule has 3 nitrogen and oxygen atoms in total. The van der Waals surface area contributed by atoms with Crippen molar-refractivity contribution < 1.29 is 9.18 Å². The van der Waals surface area contributed by atoms with Gasteiger partial charge < -0.3 is 10.6 Å². The summed E-state index contributed by atoms with van der Waals surface area (Å²) >= 11 is 5.87. The molecule has 2 amide bonds. The Labute approximate surface area is 134 Å². The van der Waals surface area contributed by atoms with Crippen LogP contribution in [-0.4, -0.2) is 6.03 Å². The molecule has 0 aliphatic heterocycles. The molecule has 2 N–H and O–H groups in total. The molecule has 22 heavy (non-hydrogen) atoms. The Morgan fingerprint density at radius 1 is 1.14 bits per heavy atom. The van der Waals surface area contributed by atoms with Gasteiger partial charge in [0.25, 0.3) is 0 Å². The van der Waals surface area contributed by atoms with Crippen molar-refractivity contribution in [3.8, 4) is 0 Å². The summed E-state index contributed by atoms with van der Waals surface area (Å²) in [5.74, 6) is -0.290. The van der Waals surface area contributed by atoms with Crippen LogP contribution in [0.3, 0.4) is 0 Å². The van der Waals surface area contributed by atoms with Gasteiger partial charge in [0.1, 0.15) is 5.82 Å². The molecule has 0 saturated carbocycles. The zero-order chi connectivity index (χ0) is 15.9. The van der Waals surface area contributed by atoms with Crippen molar-refractivity contribution in [2.24, 2.45) is 0 Å². The van der Waals surface area contributed by atoms with Gasteiger partial charge in [-0.2, -0.15) is 0 Å². The van der Waals surface area contributed by atoms with Gasteiger partial charge in [0.15, 0.2) is 0 Å². The molecule has 5 heteroatoms. The summed E-state index contributed by atoms with van der Waals surface area (Å²) in [7, 11) is 0. The number of urea groups is 1. The van der Waals surface area contributed by atoms with Crippen LogP contribution >= 0.6 is 11.6 Å². The standard InChI is InChI=1S/C17H18ClFN2O/c1-2-16(13-5-7-14(18)8-6-13)21-17(22)20-11-12-3-9-15(19)10-4-12/h3-10,16H,2,11H2,1H3,(H2,20,21,22). The van der Waals surface area contributed by atoms with Crippen molar-refractivity contribution in [1.29, 1.82) is 0 Å². The molecule has 0 aliphatic carbocycles. The lowest BCUT2D eigenvalue weighted by Crippen LogP contribution is -2.37. The second-order valence-electron chi connectivity index (χ2n) is 4.97.